The molecule has 0 saturated carbocycles. The first-order valence-corrected chi connectivity index (χ1v) is 38.6. The van der Waals surface area contributed by atoms with Crippen molar-refractivity contribution in [1.82, 2.24) is 98.4 Å². The van der Waals surface area contributed by atoms with Crippen LogP contribution in [0, 0.1) is 5.92 Å². The number of para-hydroxylation sites is 1. The van der Waals surface area contributed by atoms with Crippen LogP contribution in [-0.4, -0.2) is 201 Å². The van der Waals surface area contributed by atoms with E-state index >= 15 is 24.0 Å². The third-order valence-corrected chi connectivity index (χ3v) is 19.3. The number of amides is 11. The Bertz CT molecular complexity index is 4690. The first-order chi connectivity index (χ1) is 55.5. The number of aliphatic hydroxyl groups is 1. The lowest BCUT2D eigenvalue weighted by atomic mass is 9.99. The second-order valence-electron chi connectivity index (χ2n) is 29.2. The van der Waals surface area contributed by atoms with Crippen molar-refractivity contribution in [3.05, 3.63) is 167 Å². The van der Waals surface area contributed by atoms with E-state index in [-0.39, 0.29) is 93.7 Å². The number of nitrogens with two attached hydrogens (primary N) is 3. The molecule has 0 radical (unpaired) electrons. The van der Waals surface area contributed by atoms with Gasteiger partial charge in [-0.15, -0.1) is 10.2 Å². The molecule has 5 heterocycles. The number of likely N-dealkylation sites (tertiary alicyclic amines) is 1. The zero-order chi connectivity index (χ0) is 83.5. The lowest BCUT2D eigenvalue weighted by Crippen LogP contribution is -2.62. The Balaban J connectivity index is 1.00. The van der Waals surface area contributed by atoms with Crippen LogP contribution in [0.2, 0.25) is 5.02 Å². The summed E-state index contributed by atoms with van der Waals surface area (Å²) in [6.07, 6.45) is 5.44. The van der Waals surface area contributed by atoms with E-state index in [1.807, 2.05) is 58.0 Å². The van der Waals surface area contributed by atoms with E-state index in [1.165, 1.54) is 31.1 Å². The number of aliphatic hydroxyl groups excluding tert-OH is 1. The highest BCUT2D eigenvalue weighted by atomic mass is 35.5. The summed E-state index contributed by atoms with van der Waals surface area (Å²) in [4.78, 5) is 177. The Morgan fingerprint density at radius 2 is 1.02 bits per heavy atom. The lowest BCUT2D eigenvalue weighted by Gasteiger charge is -2.31. The maximum absolute atomic E-state index is 15.5. The van der Waals surface area contributed by atoms with Crippen LogP contribution in [-0.2, 0) is 84.8 Å². The summed E-state index contributed by atoms with van der Waals surface area (Å²) in [6, 6.07) is 18.3. The predicted molar refractivity (Wildman–Crippen MR) is 433 cm³/mol. The standard InChI is InChI=1S/C79H101ClN24O12/c1-43(2)33-58(67(108)91-57(16-9-10-31-85-44(3)4)75(116)104-32-12-17-65(104)74(115)87-45(5)66(81)107)92-69(110)61(36-48-20-26-54(27-21-48)89-78-98-76(82)100-102-78)94-71(112)62(37-49-22-28-55(29-23-49)90-79-99-77(83)101-103-79)96-73(114)64(42-105)97-72(113)63(38-50-13-11-30-84-40-50)95-70(111)60(35-47-18-24-53(80)25-19-47)93-68(109)59(88-46(6)106)39-51-34-52-14-7-8-15-56(52)86-41-51/h7-8,11,13-15,18-30,34,40-41,43-45,57-65,85,105H,9-10,12,16-17,31-33,35-39,42H2,1-6H3,(H2,81,107)(H,87,115)(H,88,106)(H,91,108)(H,92,110)(H,93,109)(H,94,112)(H,95,111)(H,96,114)(H,97,113)(H4,82,89,98,100,102)(H4,83,90,99,101,103)/t45-,57+,58+,59-,60-,61-,62+,63-,64+,65+/m1/s1. The van der Waals surface area contributed by atoms with Crippen LogP contribution in [0.1, 0.15) is 108 Å². The Hall–Kier alpha value is -12.7. The summed E-state index contributed by atoms with van der Waals surface area (Å²) in [5.74, 6) is -8.70. The van der Waals surface area contributed by atoms with E-state index in [9.17, 15) is 33.9 Å². The van der Waals surface area contributed by atoms with Crippen LogP contribution in [0.15, 0.2) is 134 Å². The SMILES string of the molecule is CC(=O)N[C@H](Cc1cnc2ccccc2c1)C(=O)N[C@H](Cc1ccc(Cl)cc1)C(=O)N[C@H](Cc1cccnc1)C(=O)N[C@@H](CO)C(=O)N[C@@H](Cc1ccc(Nc2nc(N)n[nH]2)cc1)C(=O)N[C@H](Cc1ccc(Nc2nc(N)n[nH]2)cc1)C(=O)N[C@@H](CC(C)C)C(=O)N[C@@H](CCCCNC(C)C)C(=O)N1CCC[C@H]1C(=O)N[C@H](C)C(N)=O. The van der Waals surface area contributed by atoms with E-state index in [4.69, 9.17) is 28.8 Å². The van der Waals surface area contributed by atoms with Gasteiger partial charge in [-0.2, -0.15) is 9.97 Å². The van der Waals surface area contributed by atoms with Crippen LogP contribution in [0.4, 0.5) is 35.2 Å². The number of pyridine rings is 2. The molecule has 36 nitrogen and oxygen atoms in total. The molecule has 1 aliphatic rings. The summed E-state index contributed by atoms with van der Waals surface area (Å²) in [6.45, 7) is 9.98. The minimum Gasteiger partial charge on any atom is -0.394 e. The van der Waals surface area contributed by atoms with Gasteiger partial charge in [0.2, 0.25) is 88.8 Å². The molecule has 0 bridgehead atoms. The van der Waals surface area contributed by atoms with Gasteiger partial charge in [-0.3, -0.25) is 62.7 Å². The Morgan fingerprint density at radius 3 is 1.50 bits per heavy atom. The third-order valence-electron chi connectivity index (χ3n) is 19.0. The fraction of sp³-hybridized carbons (Fsp3) is 0.405. The molecule has 37 heteroatoms. The van der Waals surface area contributed by atoms with Crippen molar-refractivity contribution in [2.45, 2.75) is 179 Å². The van der Waals surface area contributed by atoms with E-state index < -0.39 is 132 Å². The van der Waals surface area contributed by atoms with Gasteiger partial charge in [-0.25, -0.2) is 10.2 Å². The fourth-order valence-corrected chi connectivity index (χ4v) is 13.2. The number of aromatic nitrogens is 8. The van der Waals surface area contributed by atoms with E-state index in [0.717, 1.165) is 5.39 Å². The van der Waals surface area contributed by atoms with Gasteiger partial charge in [0.1, 0.15) is 60.4 Å². The first kappa shape index (κ1) is 87.3. The molecular weight excluding hydrogens is 1510 g/mol. The largest absolute Gasteiger partial charge is 0.394 e. The second-order valence-corrected chi connectivity index (χ2v) is 29.6. The van der Waals surface area contributed by atoms with Gasteiger partial charge in [0.25, 0.3) is 0 Å². The molecule has 9 rings (SSSR count). The Labute approximate surface area is 674 Å². The molecule has 8 aromatic rings. The van der Waals surface area contributed by atoms with Gasteiger partial charge in [-0.05, 0) is 140 Å². The number of H-pyrrole nitrogens is 2. The molecule has 1 saturated heterocycles. The minimum absolute atomic E-state index is 0.0168. The number of hydrogen-bond acceptors (Lipinski definition) is 23. The topological polar surface area (TPSA) is 543 Å². The maximum atomic E-state index is 15.5. The molecule has 21 N–H and O–H groups in total. The highest BCUT2D eigenvalue weighted by molar-refractivity contribution is 6.30. The van der Waals surface area contributed by atoms with Crippen molar-refractivity contribution in [3.8, 4) is 0 Å². The third kappa shape index (κ3) is 26.7. The smallest absolute Gasteiger partial charge is 0.245 e. The minimum atomic E-state index is -1.86. The number of carbonyl (C=O) groups is 11. The Morgan fingerprint density at radius 1 is 0.543 bits per heavy atom. The van der Waals surface area contributed by atoms with Crippen molar-refractivity contribution in [3.63, 3.8) is 0 Å². The van der Waals surface area contributed by atoms with Crippen LogP contribution in [0.25, 0.3) is 10.9 Å². The molecule has 10 atom stereocenters. The van der Waals surface area contributed by atoms with Gasteiger partial charge in [0.05, 0.1) is 12.1 Å². The first-order valence-electron chi connectivity index (χ1n) is 38.2. The van der Waals surface area contributed by atoms with E-state index in [1.54, 1.807) is 91.1 Å². The van der Waals surface area contributed by atoms with Crippen LogP contribution in [0.5, 0.6) is 0 Å². The van der Waals surface area contributed by atoms with Gasteiger partial charge < -0.3 is 91.0 Å². The van der Waals surface area contributed by atoms with E-state index in [2.05, 4.69) is 104 Å². The average molecular weight is 1610 g/mol. The zero-order valence-electron chi connectivity index (χ0n) is 65.2. The van der Waals surface area contributed by atoms with Crippen LogP contribution >= 0.6 is 11.6 Å². The molecule has 616 valence electrons. The maximum Gasteiger partial charge on any atom is 0.245 e. The molecule has 116 heavy (non-hydrogen) atoms. The van der Waals surface area contributed by atoms with Crippen molar-refractivity contribution in [2.75, 3.05) is 41.8 Å². The highest BCUT2D eigenvalue weighted by Crippen LogP contribution is 2.24. The predicted octanol–water partition coefficient (Wildman–Crippen LogP) is 1.77. The highest BCUT2D eigenvalue weighted by Gasteiger charge is 2.41. The number of fused-ring (bicyclic) bond motifs is 1. The molecular formula is C79H101ClN24O12. The second kappa shape index (κ2) is 42.4. The number of anilines is 6. The fourth-order valence-electron chi connectivity index (χ4n) is 13.0. The quantitative estimate of drug-likeness (QED) is 0.0242. The molecule has 0 aliphatic carbocycles. The number of unbranched alkanes of at least 4 members (excludes halogenated alkanes) is 1. The van der Waals surface area contributed by atoms with E-state index in [0.29, 0.717) is 75.5 Å². The van der Waals surface area contributed by atoms with Gasteiger partial charge in [-0.1, -0.05) is 100.0 Å². The lowest BCUT2D eigenvalue weighted by molar-refractivity contribution is -0.142. The van der Waals surface area contributed by atoms with Crippen molar-refractivity contribution in [1.29, 1.82) is 0 Å². The van der Waals surface area contributed by atoms with Crippen LogP contribution in [0.3, 0.4) is 0 Å². The average Bonchev–Trinajstić information content (AvgIpc) is 1.09. The molecule has 0 unspecified atom stereocenters. The molecule has 0 spiro atoms. The van der Waals surface area contributed by atoms with Crippen molar-refractivity contribution >= 4 is 123 Å². The Kier molecular flexibility index (Phi) is 31.9. The normalized spacial score (nSPS) is 14.9. The van der Waals surface area contributed by atoms with Gasteiger partial charge in [0.15, 0.2) is 0 Å². The van der Waals surface area contributed by atoms with Crippen molar-refractivity contribution in [2.24, 2.45) is 11.7 Å². The molecule has 1 aliphatic heterocycles. The summed E-state index contributed by atoms with van der Waals surface area (Å²) >= 11 is 6.28. The number of hydrogen-bond donors (Lipinski definition) is 18. The molecule has 1 fully saturated rings. The zero-order valence-corrected chi connectivity index (χ0v) is 66.0. The number of halogens is 1. The number of nitrogen functional groups attached to an aromatic ring is 2. The van der Waals surface area contributed by atoms with Gasteiger partial charge >= 0.3 is 0 Å². The summed E-state index contributed by atoms with van der Waals surface area (Å²) in [5.41, 5.74) is 21.2. The molecule has 4 aromatic heterocycles. The number of benzene rings is 4. The molecule has 11 amide bonds. The number of nitrogens with zero attached hydrogens (tertiary/aromatic N) is 7. The van der Waals surface area contributed by atoms with Crippen LogP contribution < -0.4 is 81.0 Å². The monoisotopic (exact) mass is 1610 g/mol. The van der Waals surface area contributed by atoms with Crippen molar-refractivity contribution < 1.29 is 57.8 Å². The molecule has 4 aromatic carbocycles. The summed E-state index contributed by atoms with van der Waals surface area (Å²) in [7, 11) is 0. The van der Waals surface area contributed by atoms with Gasteiger partial charge in [0, 0.05) is 92.0 Å². The summed E-state index contributed by atoms with van der Waals surface area (Å²) in [5, 5.41) is 59.4. The summed E-state index contributed by atoms with van der Waals surface area (Å²) < 4.78 is 0. The number of primary amides is 1. The number of rotatable bonds is 42. The number of nitrogens with one attached hydrogen (secondary N) is 14. The number of aromatic amines is 2. The number of carbonyl (C=O) groups excluding carboxylic acids is 11.